The molecule has 2 aliphatic heterocycles. The first-order valence-electron chi connectivity index (χ1n) is 15.3. The number of hydrogen-bond donors (Lipinski definition) is 2. The first-order valence-corrected chi connectivity index (χ1v) is 15.3. The number of carbonyl (C=O) groups is 2. The molecule has 2 unspecified atom stereocenters. The van der Waals surface area contributed by atoms with Crippen LogP contribution in [-0.2, 0) is 23.3 Å². The highest BCUT2D eigenvalue weighted by atomic mass is 19.3. The van der Waals surface area contributed by atoms with Crippen LogP contribution < -0.4 is 10.1 Å². The first kappa shape index (κ1) is 33.2. The number of nitrogens with one attached hydrogen (secondary N) is 1. The minimum absolute atomic E-state index is 0.0214. The highest BCUT2D eigenvalue weighted by molar-refractivity contribution is 5.99. The van der Waals surface area contributed by atoms with Crippen molar-refractivity contribution in [2.75, 3.05) is 58.7 Å². The Labute approximate surface area is 266 Å². The van der Waals surface area contributed by atoms with Crippen molar-refractivity contribution in [2.45, 2.75) is 50.7 Å². The minimum Gasteiger partial charge on any atom is -0.491 e. The molecule has 0 bridgehead atoms. The van der Waals surface area contributed by atoms with Crippen LogP contribution in [0.5, 0.6) is 5.75 Å². The molecule has 3 aromatic rings. The largest absolute Gasteiger partial charge is 0.491 e. The predicted octanol–water partition coefficient (Wildman–Crippen LogP) is 3.85. The molecule has 1 aliphatic carbocycles. The quantitative estimate of drug-likeness (QED) is 0.336. The van der Waals surface area contributed by atoms with E-state index in [0.29, 0.717) is 35.9 Å². The summed E-state index contributed by atoms with van der Waals surface area (Å²) in [5, 5.41) is 9.95. The Morgan fingerprint density at radius 3 is 2.48 bits per heavy atom. The standard InChI is InChI=1S/C31H38F3N7O2.CH2O2/c1-5-43-26-14-25(37-15-24(26)32)20(2)41-19-30(18-31(30,33)34)27-22(17-39-10-8-38(4)9-11-39)12-21(13-23(27)28(41)42)16-40-7-6-36-29(40)35-3;2-1-3/h6-7,12-15,20H,5,8-11,16-19H2,1-4H3,(H,35,36);1H,(H,2,3). The number of hydrogen-bond acceptors (Lipinski definition) is 8. The van der Waals surface area contributed by atoms with Crippen LogP contribution in [0, 0.1) is 5.82 Å². The van der Waals surface area contributed by atoms with E-state index >= 15 is 8.78 Å². The van der Waals surface area contributed by atoms with E-state index in [1.807, 2.05) is 16.8 Å². The van der Waals surface area contributed by atoms with Gasteiger partial charge in [-0.3, -0.25) is 19.5 Å². The third-order valence-electron chi connectivity index (χ3n) is 9.11. The monoisotopic (exact) mass is 643 g/mol. The third kappa shape index (κ3) is 6.27. The number of rotatable bonds is 9. The van der Waals surface area contributed by atoms with Crippen LogP contribution in [0.3, 0.4) is 0 Å². The van der Waals surface area contributed by atoms with Crippen LogP contribution >= 0.6 is 0 Å². The third-order valence-corrected chi connectivity index (χ3v) is 9.11. The average molecular weight is 644 g/mol. The van der Waals surface area contributed by atoms with Crippen LogP contribution in [0.1, 0.15) is 59.1 Å². The SMILES string of the molecule is CCOc1cc(C(C)N2CC3(CC3(F)F)c3c(CN4CCN(C)CC4)cc(Cn4ccnc4NC)cc3C2=O)ncc1F.O=CO. The van der Waals surface area contributed by atoms with E-state index in [0.717, 1.165) is 43.5 Å². The van der Waals surface area contributed by atoms with E-state index in [2.05, 4.69) is 32.1 Å². The number of imidazole rings is 1. The molecule has 2 aromatic heterocycles. The maximum absolute atomic E-state index is 15.6. The summed E-state index contributed by atoms with van der Waals surface area (Å²) in [6.07, 6.45) is 4.26. The Kier molecular flexibility index (Phi) is 9.59. The number of anilines is 1. The van der Waals surface area contributed by atoms with Gasteiger partial charge in [-0.15, -0.1) is 0 Å². The van der Waals surface area contributed by atoms with Gasteiger partial charge in [-0.05, 0) is 43.7 Å². The molecule has 1 spiro atoms. The molecule has 1 saturated carbocycles. The Balaban J connectivity index is 0.00000134. The maximum Gasteiger partial charge on any atom is 0.290 e. The van der Waals surface area contributed by atoms with Gasteiger partial charge in [0, 0.05) is 76.8 Å². The van der Waals surface area contributed by atoms with E-state index in [9.17, 15) is 9.18 Å². The summed E-state index contributed by atoms with van der Waals surface area (Å²) in [5.41, 5.74) is 1.27. The maximum atomic E-state index is 15.6. The summed E-state index contributed by atoms with van der Waals surface area (Å²) >= 11 is 0. The van der Waals surface area contributed by atoms with Crippen molar-refractivity contribution < 1.29 is 32.6 Å². The second-order valence-electron chi connectivity index (χ2n) is 12.0. The summed E-state index contributed by atoms with van der Waals surface area (Å²) in [4.78, 5) is 37.2. The number of likely N-dealkylation sites (N-methyl/N-ethyl adjacent to an activating group) is 1. The number of nitrogens with zero attached hydrogens (tertiary/aromatic N) is 6. The molecule has 2 N–H and O–H groups in total. The van der Waals surface area contributed by atoms with Gasteiger partial charge in [0.05, 0.1) is 36.5 Å². The van der Waals surface area contributed by atoms with Crippen molar-refractivity contribution in [1.82, 2.24) is 29.2 Å². The normalized spacial score (nSPS) is 21.3. The van der Waals surface area contributed by atoms with Crippen LogP contribution in [0.25, 0.3) is 0 Å². The molecule has 6 rings (SSSR count). The van der Waals surface area contributed by atoms with Gasteiger partial charge in [-0.25, -0.2) is 18.2 Å². The van der Waals surface area contributed by atoms with E-state index in [4.69, 9.17) is 14.6 Å². The predicted molar refractivity (Wildman–Crippen MR) is 165 cm³/mol. The summed E-state index contributed by atoms with van der Waals surface area (Å²) in [6.45, 7) is 7.68. The zero-order valence-electron chi connectivity index (χ0n) is 26.5. The minimum atomic E-state index is -2.96. The van der Waals surface area contributed by atoms with Gasteiger partial charge in [-0.2, -0.15) is 0 Å². The summed E-state index contributed by atoms with van der Waals surface area (Å²) in [7, 11) is 3.86. The Hall–Kier alpha value is -4.17. The molecule has 4 heterocycles. The van der Waals surface area contributed by atoms with E-state index in [-0.39, 0.29) is 37.7 Å². The van der Waals surface area contributed by atoms with Gasteiger partial charge in [-0.1, -0.05) is 6.07 Å². The Morgan fingerprint density at radius 1 is 1.15 bits per heavy atom. The van der Waals surface area contributed by atoms with E-state index in [1.165, 1.54) is 11.0 Å². The van der Waals surface area contributed by atoms with Crippen molar-refractivity contribution >= 4 is 18.3 Å². The number of piperazine rings is 1. The topological polar surface area (TPSA) is 116 Å². The number of benzene rings is 1. The number of amides is 1. The number of halogens is 3. The lowest BCUT2D eigenvalue weighted by atomic mass is 9.80. The lowest BCUT2D eigenvalue weighted by Gasteiger charge is -2.40. The number of aromatic nitrogens is 3. The fraction of sp³-hybridized carbons (Fsp3) is 0.500. The van der Waals surface area contributed by atoms with Crippen LogP contribution in [0.4, 0.5) is 19.1 Å². The molecule has 1 saturated heterocycles. The van der Waals surface area contributed by atoms with Crippen molar-refractivity contribution in [3.05, 3.63) is 70.6 Å². The smallest absolute Gasteiger partial charge is 0.290 e. The van der Waals surface area contributed by atoms with E-state index in [1.54, 1.807) is 33.2 Å². The van der Waals surface area contributed by atoms with Crippen LogP contribution in [-0.4, -0.2) is 106 Å². The molecule has 3 aliphatic rings. The molecular weight excluding hydrogens is 603 g/mol. The molecule has 14 heteroatoms. The molecule has 248 valence electrons. The van der Waals surface area contributed by atoms with Crippen LogP contribution in [0.2, 0.25) is 0 Å². The average Bonchev–Trinajstić information content (AvgIpc) is 3.30. The number of alkyl halides is 2. The second kappa shape index (κ2) is 13.3. The van der Waals surface area contributed by atoms with Gasteiger partial charge in [0.25, 0.3) is 18.3 Å². The van der Waals surface area contributed by atoms with Gasteiger partial charge in [0.15, 0.2) is 11.6 Å². The van der Waals surface area contributed by atoms with Crippen molar-refractivity contribution in [2.24, 2.45) is 0 Å². The van der Waals surface area contributed by atoms with Gasteiger partial charge < -0.3 is 29.5 Å². The number of pyridine rings is 1. The highest BCUT2D eigenvalue weighted by Gasteiger charge is 2.75. The van der Waals surface area contributed by atoms with Crippen molar-refractivity contribution in [3.8, 4) is 5.75 Å². The Bertz CT molecular complexity index is 1580. The van der Waals surface area contributed by atoms with Gasteiger partial charge in [0.1, 0.15) is 0 Å². The number of fused-ring (bicyclic) bond motifs is 2. The fourth-order valence-corrected chi connectivity index (χ4v) is 6.60. The van der Waals surface area contributed by atoms with E-state index < -0.39 is 23.2 Å². The van der Waals surface area contributed by atoms with Crippen LogP contribution in [0.15, 0.2) is 36.8 Å². The highest BCUT2D eigenvalue weighted by Crippen LogP contribution is 2.65. The molecule has 1 amide bonds. The Morgan fingerprint density at radius 2 is 1.85 bits per heavy atom. The zero-order valence-corrected chi connectivity index (χ0v) is 26.5. The van der Waals surface area contributed by atoms with Gasteiger partial charge in [0.2, 0.25) is 5.95 Å². The summed E-state index contributed by atoms with van der Waals surface area (Å²) in [6, 6.07) is 4.54. The van der Waals surface area contributed by atoms with Crippen molar-refractivity contribution in [3.63, 3.8) is 0 Å². The number of carboxylic acid groups (broad SMARTS) is 1. The lowest BCUT2D eigenvalue weighted by molar-refractivity contribution is -0.122. The van der Waals surface area contributed by atoms with Gasteiger partial charge >= 0.3 is 0 Å². The molecule has 46 heavy (non-hydrogen) atoms. The molecule has 2 fully saturated rings. The summed E-state index contributed by atoms with van der Waals surface area (Å²) < 4.78 is 52.8. The summed E-state index contributed by atoms with van der Waals surface area (Å²) in [5.74, 6) is -3.22. The van der Waals surface area contributed by atoms with Crippen molar-refractivity contribution in [1.29, 1.82) is 0 Å². The fourth-order valence-electron chi connectivity index (χ4n) is 6.60. The second-order valence-corrected chi connectivity index (χ2v) is 12.0. The molecule has 0 radical (unpaired) electrons. The lowest BCUT2D eigenvalue weighted by Crippen LogP contribution is -2.48. The molecule has 1 aromatic carbocycles. The zero-order chi connectivity index (χ0) is 33.2. The molecule has 2 atom stereocenters. The molecule has 11 nitrogen and oxygen atoms in total. The number of ether oxygens (including phenoxy) is 1. The first-order chi connectivity index (χ1) is 22.0. The molecular formula is C32H40F3N7O4. The number of carbonyl (C=O) groups excluding carboxylic acids is 1.